The molecule has 150 valence electrons. The standard InChI is InChI=1S/C22H15Cl2N3O2S/c1-14-20(28)26(12-16-5-6-18(23)19(24)11-16)22(29)27-13-17(30-21(14)27)4-2-3-15-7-9-25-10-8-15/h5-11,13H,3,12H2,1H3. The Morgan fingerprint density at radius 1 is 1.07 bits per heavy atom. The SMILES string of the molecule is Cc1c(=O)n(Cc2ccc(Cl)c(Cl)c2)c(=O)n2cc(C#CCc3ccncc3)sc12. The molecule has 0 radical (unpaired) electrons. The average Bonchev–Trinajstić information content (AvgIpc) is 3.17. The summed E-state index contributed by atoms with van der Waals surface area (Å²) in [4.78, 5) is 31.1. The van der Waals surface area contributed by atoms with Gasteiger partial charge in [0.25, 0.3) is 5.56 Å². The van der Waals surface area contributed by atoms with Gasteiger partial charge in [-0.1, -0.05) is 41.1 Å². The molecule has 1 aromatic carbocycles. The summed E-state index contributed by atoms with van der Waals surface area (Å²) in [6.07, 6.45) is 5.71. The maximum Gasteiger partial charge on any atom is 0.336 e. The number of hydrogen-bond donors (Lipinski definition) is 0. The van der Waals surface area contributed by atoms with Crippen molar-refractivity contribution in [2.45, 2.75) is 19.9 Å². The van der Waals surface area contributed by atoms with Crippen molar-refractivity contribution in [3.8, 4) is 11.8 Å². The van der Waals surface area contributed by atoms with Gasteiger partial charge in [0, 0.05) is 30.6 Å². The lowest BCUT2D eigenvalue weighted by Gasteiger charge is -2.08. The molecule has 0 aliphatic carbocycles. The molecule has 0 aliphatic heterocycles. The van der Waals surface area contributed by atoms with Gasteiger partial charge >= 0.3 is 5.69 Å². The lowest BCUT2D eigenvalue weighted by Crippen LogP contribution is -2.38. The van der Waals surface area contributed by atoms with Gasteiger partial charge in [0.15, 0.2) is 0 Å². The number of fused-ring (bicyclic) bond motifs is 1. The Kier molecular flexibility index (Phi) is 5.78. The van der Waals surface area contributed by atoms with Crippen LogP contribution in [0.1, 0.15) is 21.6 Å². The third-order valence-corrected chi connectivity index (χ3v) is 6.44. The van der Waals surface area contributed by atoms with Crippen molar-refractivity contribution in [3.05, 3.63) is 101 Å². The molecule has 0 amide bonds. The first-order valence-electron chi connectivity index (χ1n) is 9.01. The maximum absolute atomic E-state index is 13.0. The van der Waals surface area contributed by atoms with Crippen LogP contribution in [0.25, 0.3) is 4.83 Å². The molecule has 3 heterocycles. The second-order valence-corrected chi connectivity index (χ2v) is 8.50. The number of benzene rings is 1. The van der Waals surface area contributed by atoms with Gasteiger partial charge in [0.1, 0.15) is 4.83 Å². The van der Waals surface area contributed by atoms with Crippen LogP contribution in [0.2, 0.25) is 10.0 Å². The molecule has 0 N–H and O–H groups in total. The van der Waals surface area contributed by atoms with Crippen LogP contribution in [0.4, 0.5) is 0 Å². The zero-order valence-electron chi connectivity index (χ0n) is 15.9. The van der Waals surface area contributed by atoms with Crippen LogP contribution >= 0.6 is 34.5 Å². The van der Waals surface area contributed by atoms with E-state index < -0.39 is 5.69 Å². The second-order valence-electron chi connectivity index (χ2n) is 6.65. The molecule has 3 aromatic heterocycles. The Balaban J connectivity index is 1.71. The third-order valence-electron chi connectivity index (χ3n) is 4.57. The van der Waals surface area contributed by atoms with Crippen LogP contribution in [-0.4, -0.2) is 14.0 Å². The van der Waals surface area contributed by atoms with Gasteiger partial charge in [-0.2, -0.15) is 0 Å². The van der Waals surface area contributed by atoms with Crippen LogP contribution in [0.15, 0.2) is 58.5 Å². The third kappa shape index (κ3) is 4.05. The zero-order chi connectivity index (χ0) is 21.3. The number of thiazole rings is 1. The van der Waals surface area contributed by atoms with Crippen LogP contribution < -0.4 is 11.2 Å². The van der Waals surface area contributed by atoms with Gasteiger partial charge in [-0.3, -0.25) is 18.7 Å². The van der Waals surface area contributed by atoms with Gasteiger partial charge in [-0.25, -0.2) is 4.79 Å². The van der Waals surface area contributed by atoms with Gasteiger partial charge in [0.2, 0.25) is 0 Å². The quantitative estimate of drug-likeness (QED) is 0.435. The van der Waals surface area contributed by atoms with E-state index in [0.29, 0.717) is 26.9 Å². The predicted octanol–water partition coefficient (Wildman–Crippen LogP) is 4.18. The zero-order valence-corrected chi connectivity index (χ0v) is 18.2. The smallest absolute Gasteiger partial charge is 0.269 e. The molecule has 0 saturated carbocycles. The first-order valence-corrected chi connectivity index (χ1v) is 10.6. The molecule has 30 heavy (non-hydrogen) atoms. The van der Waals surface area contributed by atoms with E-state index in [-0.39, 0.29) is 12.1 Å². The monoisotopic (exact) mass is 455 g/mol. The van der Waals surface area contributed by atoms with Crippen molar-refractivity contribution in [2.75, 3.05) is 0 Å². The fraction of sp³-hybridized carbons (Fsp3) is 0.136. The lowest BCUT2D eigenvalue weighted by atomic mass is 10.2. The average molecular weight is 456 g/mol. The highest BCUT2D eigenvalue weighted by Gasteiger charge is 2.14. The molecular formula is C22H15Cl2N3O2S. The number of nitrogens with zero attached hydrogens (tertiary/aromatic N) is 3. The van der Waals surface area contributed by atoms with E-state index >= 15 is 0 Å². The highest BCUT2D eigenvalue weighted by atomic mass is 35.5. The number of pyridine rings is 1. The Morgan fingerprint density at radius 2 is 1.83 bits per heavy atom. The Morgan fingerprint density at radius 3 is 2.57 bits per heavy atom. The predicted molar refractivity (Wildman–Crippen MR) is 121 cm³/mol. The Bertz CT molecular complexity index is 1430. The molecular weight excluding hydrogens is 441 g/mol. The van der Waals surface area contributed by atoms with E-state index in [0.717, 1.165) is 16.0 Å². The van der Waals surface area contributed by atoms with E-state index in [2.05, 4.69) is 16.8 Å². The molecule has 0 bridgehead atoms. The summed E-state index contributed by atoms with van der Waals surface area (Å²) in [5, 5.41) is 0.798. The molecule has 8 heteroatoms. The fourth-order valence-corrected chi connectivity index (χ4v) is 4.30. The van der Waals surface area contributed by atoms with E-state index in [4.69, 9.17) is 23.2 Å². The Hall–Kier alpha value is -2.85. The number of aromatic nitrogens is 3. The van der Waals surface area contributed by atoms with Crippen molar-refractivity contribution < 1.29 is 0 Å². The van der Waals surface area contributed by atoms with Gasteiger partial charge < -0.3 is 0 Å². The summed E-state index contributed by atoms with van der Waals surface area (Å²) in [7, 11) is 0. The van der Waals surface area contributed by atoms with Crippen molar-refractivity contribution in [2.24, 2.45) is 0 Å². The first-order chi connectivity index (χ1) is 14.4. The number of halogens is 2. The Labute approximate surface area is 186 Å². The van der Waals surface area contributed by atoms with Crippen LogP contribution in [0.5, 0.6) is 0 Å². The summed E-state index contributed by atoms with van der Waals surface area (Å²) < 4.78 is 2.68. The molecule has 4 rings (SSSR count). The largest absolute Gasteiger partial charge is 0.336 e. The second kappa shape index (κ2) is 8.49. The van der Waals surface area contributed by atoms with Crippen LogP contribution in [0.3, 0.4) is 0 Å². The minimum absolute atomic E-state index is 0.108. The van der Waals surface area contributed by atoms with Gasteiger partial charge in [-0.15, -0.1) is 11.3 Å². The number of hydrogen-bond acceptors (Lipinski definition) is 4. The van der Waals surface area contributed by atoms with Crippen LogP contribution in [-0.2, 0) is 13.0 Å². The minimum atomic E-state index is -0.412. The van der Waals surface area contributed by atoms with Crippen molar-refractivity contribution in [1.29, 1.82) is 0 Å². The molecule has 0 fully saturated rings. The van der Waals surface area contributed by atoms with Gasteiger partial charge in [0.05, 0.1) is 21.5 Å². The summed E-state index contributed by atoms with van der Waals surface area (Å²) in [5.74, 6) is 6.19. The molecule has 0 saturated heterocycles. The molecule has 4 aromatic rings. The van der Waals surface area contributed by atoms with E-state index in [9.17, 15) is 9.59 Å². The fourth-order valence-electron chi connectivity index (χ4n) is 3.02. The van der Waals surface area contributed by atoms with Crippen LogP contribution in [0, 0.1) is 18.8 Å². The number of aryl methyl sites for hydroxylation is 1. The lowest BCUT2D eigenvalue weighted by molar-refractivity contribution is 0.683. The summed E-state index contributed by atoms with van der Waals surface area (Å²) in [6.45, 7) is 1.82. The molecule has 0 spiro atoms. The minimum Gasteiger partial charge on any atom is -0.269 e. The van der Waals surface area contributed by atoms with Crippen molar-refractivity contribution in [1.82, 2.24) is 14.0 Å². The van der Waals surface area contributed by atoms with Crippen molar-refractivity contribution >= 4 is 39.4 Å². The molecule has 0 atom stereocenters. The van der Waals surface area contributed by atoms with E-state index in [1.165, 1.54) is 20.3 Å². The normalized spacial score (nSPS) is 10.8. The topological polar surface area (TPSA) is 56.4 Å². The van der Waals surface area contributed by atoms with Crippen molar-refractivity contribution in [3.63, 3.8) is 0 Å². The molecule has 5 nitrogen and oxygen atoms in total. The highest BCUT2D eigenvalue weighted by Crippen LogP contribution is 2.23. The van der Waals surface area contributed by atoms with Gasteiger partial charge in [-0.05, 0) is 42.3 Å². The molecule has 0 unspecified atom stereocenters. The van der Waals surface area contributed by atoms with E-state index in [1.807, 2.05) is 12.1 Å². The highest BCUT2D eigenvalue weighted by molar-refractivity contribution is 7.18. The number of rotatable bonds is 3. The summed E-state index contributed by atoms with van der Waals surface area (Å²) >= 11 is 13.3. The summed E-state index contributed by atoms with van der Waals surface area (Å²) in [5.41, 5.74) is 1.54. The summed E-state index contributed by atoms with van der Waals surface area (Å²) in [6, 6.07) is 8.86. The first kappa shape index (κ1) is 20.4. The molecule has 0 aliphatic rings. The van der Waals surface area contributed by atoms with E-state index in [1.54, 1.807) is 43.7 Å². The maximum atomic E-state index is 13.0.